The molecule has 1 spiro atoms. The molecule has 0 aromatic rings. The highest BCUT2D eigenvalue weighted by Crippen LogP contribution is 2.52. The quantitative estimate of drug-likeness (QED) is 0.335. The number of carbonyl (C=O) groups excluding carboxylic acids is 3. The van der Waals surface area contributed by atoms with Gasteiger partial charge in [0.15, 0.2) is 18.0 Å². The maximum atomic E-state index is 11.6. The molecule has 2 unspecified atom stereocenters. The van der Waals surface area contributed by atoms with Crippen LogP contribution < -0.4 is 5.73 Å². The average Bonchev–Trinajstić information content (AvgIpc) is 3.21. The van der Waals surface area contributed by atoms with Gasteiger partial charge in [-0.05, 0) is 19.3 Å². The lowest BCUT2D eigenvalue weighted by molar-refractivity contribution is -0.368. The second-order valence-electron chi connectivity index (χ2n) is 7.00. The van der Waals surface area contributed by atoms with E-state index in [0.717, 1.165) is 25.8 Å². The van der Waals surface area contributed by atoms with Crippen molar-refractivity contribution in [2.24, 2.45) is 0 Å². The Morgan fingerprint density at radius 1 is 1.00 bits per heavy atom. The van der Waals surface area contributed by atoms with Crippen LogP contribution in [-0.2, 0) is 38.1 Å². The van der Waals surface area contributed by atoms with Gasteiger partial charge >= 0.3 is 17.9 Å². The Morgan fingerprint density at radius 2 is 1.67 bits per heavy atom. The van der Waals surface area contributed by atoms with Crippen LogP contribution in [0.25, 0.3) is 0 Å². The first-order valence-corrected chi connectivity index (χ1v) is 9.39. The van der Waals surface area contributed by atoms with Gasteiger partial charge in [0.25, 0.3) is 0 Å². The van der Waals surface area contributed by atoms with Gasteiger partial charge in [-0.3, -0.25) is 14.4 Å². The lowest BCUT2D eigenvalue weighted by atomic mass is 9.98. The lowest BCUT2D eigenvalue weighted by Gasteiger charge is -2.41. The molecule has 154 valence electrons. The summed E-state index contributed by atoms with van der Waals surface area (Å²) in [6.45, 7) is 5.23. The van der Waals surface area contributed by atoms with Gasteiger partial charge in [0.1, 0.15) is 12.2 Å². The molecule has 2 fully saturated rings. The third-order valence-corrected chi connectivity index (χ3v) is 4.60. The Bertz CT molecular complexity index is 553. The van der Waals surface area contributed by atoms with E-state index in [1.807, 2.05) is 0 Å². The van der Waals surface area contributed by atoms with Crippen LogP contribution in [0.3, 0.4) is 0 Å². The number of rotatable bonds is 9. The monoisotopic (exact) mass is 388 g/mol. The smallest absolute Gasteiger partial charge is 0.303 e. The van der Waals surface area contributed by atoms with Crippen molar-refractivity contribution in [2.75, 3.05) is 13.2 Å². The summed E-state index contributed by atoms with van der Waals surface area (Å²) in [5.41, 5.74) is 2.76. The topological polar surface area (TPSA) is 125 Å². The zero-order valence-electron chi connectivity index (χ0n) is 16.2. The first-order valence-electron chi connectivity index (χ1n) is 9.39. The minimum absolute atomic E-state index is 0.238. The lowest BCUT2D eigenvalue weighted by Crippen LogP contribution is -2.55. The first-order chi connectivity index (χ1) is 12.8. The third-order valence-electron chi connectivity index (χ3n) is 4.60. The highest BCUT2D eigenvalue weighted by molar-refractivity contribution is 5.68. The summed E-state index contributed by atoms with van der Waals surface area (Å²) in [6, 6.07) is 0. The summed E-state index contributed by atoms with van der Waals surface area (Å²) < 4.78 is 27.9. The maximum absolute atomic E-state index is 11.6. The SMILES string of the molecule is CC(=O)OC1CC12O[C@@H](OCCCCC[NH3+])C[C@@H](OC(C)=O)[C@H]2OC(C)=O. The van der Waals surface area contributed by atoms with Crippen molar-refractivity contribution in [1.29, 1.82) is 0 Å². The molecule has 0 aromatic heterocycles. The van der Waals surface area contributed by atoms with E-state index in [-0.39, 0.29) is 6.42 Å². The fraction of sp³-hybridized carbons (Fsp3) is 0.833. The summed E-state index contributed by atoms with van der Waals surface area (Å²) >= 11 is 0. The predicted octanol–water partition coefficient (Wildman–Crippen LogP) is 0.0992. The van der Waals surface area contributed by atoms with Gasteiger partial charge in [0.2, 0.25) is 0 Å². The van der Waals surface area contributed by atoms with Gasteiger partial charge in [0.05, 0.1) is 6.54 Å². The van der Waals surface area contributed by atoms with Crippen LogP contribution in [-0.4, -0.2) is 61.3 Å². The summed E-state index contributed by atoms with van der Waals surface area (Å²) in [5.74, 6) is -1.48. The summed E-state index contributed by atoms with van der Waals surface area (Å²) in [5, 5.41) is 0. The van der Waals surface area contributed by atoms with Gasteiger partial charge in [-0.2, -0.15) is 0 Å². The molecule has 3 N–H and O–H groups in total. The molecular formula is C18H30NO8+. The number of hydrogen-bond acceptors (Lipinski definition) is 8. The van der Waals surface area contributed by atoms with E-state index in [4.69, 9.17) is 23.7 Å². The van der Waals surface area contributed by atoms with Crippen molar-refractivity contribution < 1.29 is 43.8 Å². The van der Waals surface area contributed by atoms with Gasteiger partial charge in [0, 0.05) is 40.2 Å². The third kappa shape index (κ3) is 5.88. The minimum atomic E-state index is -1.05. The van der Waals surface area contributed by atoms with E-state index in [2.05, 4.69) is 5.73 Å². The number of quaternary nitrogens is 1. The highest BCUT2D eigenvalue weighted by Gasteiger charge is 2.70. The standard InChI is InChI=1S/C18H29NO8/c1-11(20)24-14-9-16(23-8-6-4-5-7-19)27-18(17(14)26-13(3)22)10-15(18)25-12(2)21/h14-17H,4-10,19H2,1-3H3/p+1/t14-,15?,16-,17-,18?/m1/s1. The van der Waals surface area contributed by atoms with Crippen LogP contribution in [0.2, 0.25) is 0 Å². The number of hydrogen-bond donors (Lipinski definition) is 1. The molecule has 9 nitrogen and oxygen atoms in total. The molecule has 2 rings (SSSR count). The van der Waals surface area contributed by atoms with E-state index in [1.165, 1.54) is 20.8 Å². The van der Waals surface area contributed by atoms with E-state index in [1.54, 1.807) is 0 Å². The van der Waals surface area contributed by atoms with Crippen LogP contribution in [0, 0.1) is 0 Å². The maximum Gasteiger partial charge on any atom is 0.303 e. The molecule has 1 heterocycles. The number of carbonyl (C=O) groups is 3. The van der Waals surface area contributed by atoms with Gasteiger partial charge in [-0.1, -0.05) is 0 Å². The van der Waals surface area contributed by atoms with Crippen molar-refractivity contribution in [3.05, 3.63) is 0 Å². The second-order valence-corrected chi connectivity index (χ2v) is 7.00. The van der Waals surface area contributed by atoms with E-state index in [9.17, 15) is 14.4 Å². The van der Waals surface area contributed by atoms with Crippen LogP contribution in [0.5, 0.6) is 0 Å². The molecule has 0 amide bonds. The van der Waals surface area contributed by atoms with Crippen molar-refractivity contribution in [1.82, 2.24) is 0 Å². The van der Waals surface area contributed by atoms with Crippen LogP contribution in [0.15, 0.2) is 0 Å². The molecule has 0 radical (unpaired) electrons. The molecular weight excluding hydrogens is 358 g/mol. The van der Waals surface area contributed by atoms with Crippen LogP contribution >= 0.6 is 0 Å². The first kappa shape index (κ1) is 21.6. The highest BCUT2D eigenvalue weighted by atomic mass is 16.7. The van der Waals surface area contributed by atoms with Gasteiger partial charge in [-0.15, -0.1) is 0 Å². The normalized spacial score (nSPS) is 32.0. The summed E-state index contributed by atoms with van der Waals surface area (Å²) in [7, 11) is 0. The average molecular weight is 388 g/mol. The molecule has 1 aliphatic heterocycles. The zero-order valence-corrected chi connectivity index (χ0v) is 16.2. The molecule has 2 aliphatic rings. The Balaban J connectivity index is 2.09. The summed E-state index contributed by atoms with van der Waals surface area (Å²) in [4.78, 5) is 34.5. The van der Waals surface area contributed by atoms with Crippen molar-refractivity contribution in [2.45, 2.75) is 83.1 Å². The van der Waals surface area contributed by atoms with E-state index >= 15 is 0 Å². The zero-order chi connectivity index (χ0) is 20.0. The Hall–Kier alpha value is -1.71. The van der Waals surface area contributed by atoms with E-state index in [0.29, 0.717) is 13.0 Å². The molecule has 0 bridgehead atoms. The molecule has 9 heteroatoms. The van der Waals surface area contributed by atoms with Crippen LogP contribution in [0.1, 0.15) is 52.9 Å². The van der Waals surface area contributed by atoms with Gasteiger partial charge in [-0.25, -0.2) is 0 Å². The molecule has 0 aromatic carbocycles. The molecule has 1 aliphatic carbocycles. The second kappa shape index (κ2) is 9.48. The number of unbranched alkanes of at least 4 members (excludes halogenated alkanes) is 2. The van der Waals surface area contributed by atoms with E-state index < -0.39 is 48.1 Å². The fourth-order valence-corrected chi connectivity index (χ4v) is 3.43. The summed E-state index contributed by atoms with van der Waals surface area (Å²) in [6.07, 6.45) is 0.682. The Kier molecular flexibility index (Phi) is 7.58. The minimum Gasteiger partial charge on any atom is -0.459 e. The van der Waals surface area contributed by atoms with Crippen molar-refractivity contribution in [3.8, 4) is 0 Å². The van der Waals surface area contributed by atoms with Gasteiger partial charge < -0.3 is 29.4 Å². The Labute approximate surface area is 158 Å². The molecule has 1 saturated carbocycles. The molecule has 5 atom stereocenters. The number of esters is 3. The van der Waals surface area contributed by atoms with Crippen LogP contribution in [0.4, 0.5) is 0 Å². The predicted molar refractivity (Wildman–Crippen MR) is 91.1 cm³/mol. The molecule has 27 heavy (non-hydrogen) atoms. The fourth-order valence-electron chi connectivity index (χ4n) is 3.43. The largest absolute Gasteiger partial charge is 0.459 e. The molecule has 1 saturated heterocycles. The Morgan fingerprint density at radius 3 is 2.26 bits per heavy atom. The van der Waals surface area contributed by atoms with Crippen molar-refractivity contribution in [3.63, 3.8) is 0 Å². The number of ether oxygens (including phenoxy) is 5. The van der Waals surface area contributed by atoms with Crippen molar-refractivity contribution >= 4 is 17.9 Å².